The van der Waals surface area contributed by atoms with Gasteiger partial charge < -0.3 is 19.9 Å². The van der Waals surface area contributed by atoms with Gasteiger partial charge in [-0.3, -0.25) is 9.59 Å². The predicted octanol–water partition coefficient (Wildman–Crippen LogP) is 1.79. The second-order valence-corrected chi connectivity index (χ2v) is 7.89. The summed E-state index contributed by atoms with van der Waals surface area (Å²) >= 11 is 1.59. The van der Waals surface area contributed by atoms with Crippen molar-refractivity contribution in [3.8, 4) is 0 Å². The second kappa shape index (κ2) is 11.9. The first kappa shape index (κ1) is 22.5. The largest absolute Gasteiger partial charge is 0.383 e. The number of thioether (sulfide) groups is 1. The van der Waals surface area contributed by atoms with Crippen LogP contribution in [0.1, 0.15) is 25.7 Å². The molecule has 6 nitrogen and oxygen atoms in total. The lowest BCUT2D eigenvalue weighted by atomic mass is 10.0. The molecule has 1 atom stereocenters. The van der Waals surface area contributed by atoms with Gasteiger partial charge in [-0.05, 0) is 44.1 Å². The molecule has 0 aliphatic heterocycles. The topological polar surface area (TPSA) is 63.1 Å². The number of para-hydroxylation sites is 1. The number of quaternary nitrogens is 1. The lowest BCUT2D eigenvalue weighted by Crippen LogP contribution is -3.11. The number of carbonyl (C=O) groups is 2. The molecule has 0 saturated heterocycles. The van der Waals surface area contributed by atoms with E-state index in [-0.39, 0.29) is 24.9 Å². The van der Waals surface area contributed by atoms with Crippen molar-refractivity contribution in [2.45, 2.75) is 30.6 Å². The molecular weight excluding hydrogens is 374 g/mol. The van der Waals surface area contributed by atoms with Crippen molar-refractivity contribution in [1.29, 1.82) is 0 Å². The van der Waals surface area contributed by atoms with E-state index in [1.54, 1.807) is 18.9 Å². The molecule has 154 valence electrons. The molecule has 0 aromatic heterocycles. The van der Waals surface area contributed by atoms with E-state index in [1.807, 2.05) is 42.5 Å². The van der Waals surface area contributed by atoms with E-state index in [1.165, 1.54) is 6.42 Å². The zero-order valence-electron chi connectivity index (χ0n) is 17.1. The summed E-state index contributed by atoms with van der Waals surface area (Å²) in [4.78, 5) is 29.0. The van der Waals surface area contributed by atoms with Crippen molar-refractivity contribution < 1.29 is 19.2 Å². The maximum Gasteiger partial charge on any atom is 0.281 e. The molecule has 1 aromatic carbocycles. The maximum atomic E-state index is 12.9. The first-order chi connectivity index (χ1) is 13.5. The number of hydrogen-bond acceptors (Lipinski definition) is 4. The molecule has 0 saturated carbocycles. The van der Waals surface area contributed by atoms with E-state index >= 15 is 0 Å². The highest BCUT2D eigenvalue weighted by Crippen LogP contribution is 2.24. The molecule has 0 fully saturated rings. The zero-order valence-corrected chi connectivity index (χ0v) is 17.9. The van der Waals surface area contributed by atoms with Crippen molar-refractivity contribution in [3.63, 3.8) is 0 Å². The number of nitrogens with zero attached hydrogens (tertiary/aromatic N) is 1. The number of carbonyl (C=O) groups excluding carboxylic acids is 2. The van der Waals surface area contributed by atoms with Gasteiger partial charge in [0.1, 0.15) is 0 Å². The second-order valence-electron chi connectivity index (χ2n) is 7.04. The van der Waals surface area contributed by atoms with Crippen molar-refractivity contribution in [2.24, 2.45) is 0 Å². The number of allylic oxidation sites excluding steroid dienone is 2. The van der Waals surface area contributed by atoms with Crippen LogP contribution in [0.3, 0.4) is 0 Å². The van der Waals surface area contributed by atoms with Crippen LogP contribution in [0, 0.1) is 0 Å². The maximum absolute atomic E-state index is 12.9. The van der Waals surface area contributed by atoms with E-state index in [4.69, 9.17) is 4.74 Å². The molecule has 7 heteroatoms. The lowest BCUT2D eigenvalue weighted by Gasteiger charge is -2.28. The zero-order chi connectivity index (χ0) is 20.4. The fraction of sp³-hybridized carbons (Fsp3) is 0.524. The Labute approximate surface area is 172 Å². The molecule has 2 amide bonds. The highest BCUT2D eigenvalue weighted by Gasteiger charge is 2.23. The smallest absolute Gasteiger partial charge is 0.281 e. The van der Waals surface area contributed by atoms with Gasteiger partial charge >= 0.3 is 0 Å². The molecular formula is C21H32N3O3S+. The Morgan fingerprint density at radius 1 is 1.25 bits per heavy atom. The molecule has 0 bridgehead atoms. The molecule has 2 rings (SSSR count). The van der Waals surface area contributed by atoms with Crippen LogP contribution in [0.5, 0.6) is 0 Å². The number of anilines is 1. The van der Waals surface area contributed by atoms with Gasteiger partial charge in [-0.25, -0.2) is 0 Å². The molecule has 0 spiro atoms. The first-order valence-electron chi connectivity index (χ1n) is 9.77. The van der Waals surface area contributed by atoms with Crippen LogP contribution in [-0.4, -0.2) is 63.4 Å². The Bertz CT molecular complexity index is 693. The van der Waals surface area contributed by atoms with Crippen molar-refractivity contribution in [2.75, 3.05) is 52.0 Å². The number of ether oxygens (including phenoxy) is 1. The lowest BCUT2D eigenvalue weighted by molar-refractivity contribution is -0.862. The molecule has 1 aliphatic carbocycles. The number of benzene rings is 1. The average molecular weight is 407 g/mol. The minimum Gasteiger partial charge on any atom is -0.383 e. The van der Waals surface area contributed by atoms with Gasteiger partial charge in [-0.2, -0.15) is 0 Å². The highest BCUT2D eigenvalue weighted by molar-refractivity contribution is 7.98. The quantitative estimate of drug-likeness (QED) is 0.582. The number of methoxy groups -OCH3 is 1. The number of nitrogens with one attached hydrogen (secondary N) is 2. The number of amides is 2. The van der Waals surface area contributed by atoms with E-state index in [0.717, 1.165) is 40.4 Å². The standard InChI is InChI=1S/C21H31N3O3S/c1-23(15-20(25)22-18-11-7-8-12-19(18)28-3)16-21(26)24(13-14-27-2)17-9-5-4-6-10-17/h7-9,11-12H,4-6,10,13-16H2,1-3H3,(H,22,25)/p+1. The minimum absolute atomic E-state index is 0.0417. The average Bonchev–Trinajstić information content (AvgIpc) is 2.69. The Hall–Kier alpha value is -1.83. The van der Waals surface area contributed by atoms with Crippen molar-refractivity contribution in [1.82, 2.24) is 4.90 Å². The monoisotopic (exact) mass is 406 g/mol. The van der Waals surface area contributed by atoms with Crippen LogP contribution in [0.2, 0.25) is 0 Å². The fourth-order valence-corrected chi connectivity index (χ4v) is 3.86. The summed E-state index contributed by atoms with van der Waals surface area (Å²) in [6.45, 7) is 1.58. The summed E-state index contributed by atoms with van der Waals surface area (Å²) in [5, 5.41) is 2.96. The first-order valence-corrected chi connectivity index (χ1v) is 11.0. The molecule has 28 heavy (non-hydrogen) atoms. The fourth-order valence-electron chi connectivity index (χ4n) is 3.31. The third-order valence-electron chi connectivity index (χ3n) is 4.73. The number of likely N-dealkylation sites (N-methyl/N-ethyl adjacent to an activating group) is 1. The summed E-state index contributed by atoms with van der Waals surface area (Å²) in [5.41, 5.74) is 1.91. The summed E-state index contributed by atoms with van der Waals surface area (Å²) in [6.07, 6.45) is 8.39. The predicted molar refractivity (Wildman–Crippen MR) is 114 cm³/mol. The third kappa shape index (κ3) is 6.96. The van der Waals surface area contributed by atoms with Gasteiger partial charge in [0.2, 0.25) is 0 Å². The molecule has 1 aliphatic rings. The van der Waals surface area contributed by atoms with E-state index in [0.29, 0.717) is 13.2 Å². The minimum atomic E-state index is -0.0906. The van der Waals surface area contributed by atoms with Gasteiger partial charge in [-0.15, -0.1) is 11.8 Å². The Morgan fingerprint density at radius 2 is 2.04 bits per heavy atom. The van der Waals surface area contributed by atoms with Crippen LogP contribution >= 0.6 is 11.8 Å². The van der Waals surface area contributed by atoms with Gasteiger partial charge in [0, 0.05) is 24.2 Å². The number of rotatable bonds is 10. The summed E-state index contributed by atoms with van der Waals surface area (Å²) < 4.78 is 5.18. The molecule has 1 aromatic rings. The SMILES string of the molecule is COCCN(C(=O)C[NH+](C)CC(=O)Nc1ccccc1SC)C1=CCCCC1. The Kier molecular flexibility index (Phi) is 9.54. The van der Waals surface area contributed by atoms with Crippen LogP contribution in [0.25, 0.3) is 0 Å². The normalized spacial score (nSPS) is 14.9. The Morgan fingerprint density at radius 3 is 2.71 bits per heavy atom. The van der Waals surface area contributed by atoms with Gasteiger partial charge in [0.15, 0.2) is 13.1 Å². The summed E-state index contributed by atoms with van der Waals surface area (Å²) in [6, 6.07) is 7.73. The van der Waals surface area contributed by atoms with Crippen LogP contribution in [-0.2, 0) is 14.3 Å². The van der Waals surface area contributed by atoms with Crippen molar-refractivity contribution >= 4 is 29.3 Å². The molecule has 0 heterocycles. The van der Waals surface area contributed by atoms with E-state index < -0.39 is 0 Å². The van der Waals surface area contributed by atoms with Gasteiger partial charge in [0.05, 0.1) is 19.3 Å². The highest BCUT2D eigenvalue weighted by atomic mass is 32.2. The number of hydrogen-bond donors (Lipinski definition) is 2. The van der Waals surface area contributed by atoms with Crippen molar-refractivity contribution in [3.05, 3.63) is 36.0 Å². The van der Waals surface area contributed by atoms with Gasteiger partial charge in [0.25, 0.3) is 11.8 Å². The third-order valence-corrected chi connectivity index (χ3v) is 5.53. The van der Waals surface area contributed by atoms with E-state index in [2.05, 4.69) is 11.4 Å². The molecule has 2 N–H and O–H groups in total. The molecule has 0 radical (unpaired) electrons. The summed E-state index contributed by atoms with van der Waals surface area (Å²) in [5.74, 6) is -0.0489. The summed E-state index contributed by atoms with van der Waals surface area (Å²) in [7, 11) is 3.52. The molecule has 1 unspecified atom stereocenters. The Balaban J connectivity index is 1.91. The van der Waals surface area contributed by atoms with Crippen LogP contribution in [0.4, 0.5) is 5.69 Å². The van der Waals surface area contributed by atoms with Crippen LogP contribution in [0.15, 0.2) is 40.9 Å². The van der Waals surface area contributed by atoms with Crippen LogP contribution < -0.4 is 10.2 Å². The van der Waals surface area contributed by atoms with E-state index in [9.17, 15) is 9.59 Å². The van der Waals surface area contributed by atoms with Gasteiger partial charge in [-0.1, -0.05) is 18.2 Å².